The van der Waals surface area contributed by atoms with E-state index in [1.54, 1.807) is 66.7 Å². The van der Waals surface area contributed by atoms with E-state index in [4.69, 9.17) is 0 Å². The molecule has 138 valence electrons. The number of allylic oxidation sites excluding steroid dienone is 2. The van der Waals surface area contributed by atoms with E-state index in [0.29, 0.717) is 22.3 Å². The number of benzene rings is 3. The molecule has 0 atom stereocenters. The summed E-state index contributed by atoms with van der Waals surface area (Å²) < 4.78 is 0. The molecular formula is C24H18O4. The van der Waals surface area contributed by atoms with Crippen LogP contribution in [0.25, 0.3) is 12.2 Å². The van der Waals surface area contributed by atoms with E-state index in [-0.39, 0.29) is 23.1 Å². The van der Waals surface area contributed by atoms with Crippen molar-refractivity contribution >= 4 is 23.7 Å². The average molecular weight is 370 g/mol. The third kappa shape index (κ3) is 4.62. The summed E-state index contributed by atoms with van der Waals surface area (Å²) in [5.41, 5.74) is 1.81. The Morgan fingerprint density at radius 1 is 0.607 bits per heavy atom. The number of phenolic OH excluding ortho intramolecular Hbond substituents is 2. The van der Waals surface area contributed by atoms with E-state index >= 15 is 0 Å². The summed E-state index contributed by atoms with van der Waals surface area (Å²) in [5, 5.41) is 19.5. The fourth-order valence-corrected chi connectivity index (χ4v) is 2.61. The van der Waals surface area contributed by atoms with E-state index in [1.165, 1.54) is 30.4 Å². The first kappa shape index (κ1) is 18.9. The predicted molar refractivity (Wildman–Crippen MR) is 109 cm³/mol. The zero-order valence-electron chi connectivity index (χ0n) is 14.9. The molecule has 0 saturated carbocycles. The molecule has 2 N–H and O–H groups in total. The molecule has 0 bridgehead atoms. The van der Waals surface area contributed by atoms with Crippen LogP contribution in [0.5, 0.6) is 11.5 Å². The maximum atomic E-state index is 12.4. The van der Waals surface area contributed by atoms with Gasteiger partial charge in [-0.3, -0.25) is 9.59 Å². The summed E-state index contributed by atoms with van der Waals surface area (Å²) in [4.78, 5) is 24.8. The molecule has 0 aromatic heterocycles. The number of hydrogen-bond donors (Lipinski definition) is 2. The summed E-state index contributed by atoms with van der Waals surface area (Å²) in [6.45, 7) is 0. The monoisotopic (exact) mass is 370 g/mol. The SMILES string of the molecule is O=C(/C=C/c1ccccc1O)c1cccc(C(=O)/C=C/c2ccccc2O)c1. The number of phenols is 2. The highest BCUT2D eigenvalue weighted by atomic mass is 16.3. The van der Waals surface area contributed by atoms with Gasteiger partial charge in [-0.1, -0.05) is 54.6 Å². The van der Waals surface area contributed by atoms with Crippen molar-refractivity contribution in [1.82, 2.24) is 0 Å². The number of ketones is 2. The second kappa shape index (κ2) is 8.64. The molecule has 3 aromatic carbocycles. The standard InChI is InChI=1S/C24H18O4/c25-21-10-3-1-6-17(21)12-14-23(27)19-8-5-9-20(16-19)24(28)15-13-18-7-2-4-11-22(18)26/h1-16,25-26H/b14-12+,15-13+. The van der Waals surface area contributed by atoms with Crippen molar-refractivity contribution in [2.45, 2.75) is 0 Å². The molecule has 0 spiro atoms. The zero-order chi connectivity index (χ0) is 19.9. The molecule has 0 saturated heterocycles. The third-order valence-electron chi connectivity index (χ3n) is 4.13. The van der Waals surface area contributed by atoms with Crippen molar-refractivity contribution in [3.05, 3.63) is 107 Å². The third-order valence-corrected chi connectivity index (χ3v) is 4.13. The van der Waals surface area contributed by atoms with Gasteiger partial charge in [0.15, 0.2) is 11.6 Å². The van der Waals surface area contributed by atoms with Gasteiger partial charge in [0.25, 0.3) is 0 Å². The minimum absolute atomic E-state index is 0.0878. The smallest absolute Gasteiger partial charge is 0.185 e. The van der Waals surface area contributed by atoms with E-state index < -0.39 is 0 Å². The Bertz CT molecular complexity index is 994. The van der Waals surface area contributed by atoms with Gasteiger partial charge in [0.05, 0.1) is 0 Å². The van der Waals surface area contributed by atoms with E-state index in [1.807, 2.05) is 0 Å². The number of hydrogen-bond acceptors (Lipinski definition) is 4. The van der Waals surface area contributed by atoms with Crippen LogP contribution in [0.4, 0.5) is 0 Å². The molecule has 0 aliphatic heterocycles. The Morgan fingerprint density at radius 3 is 1.46 bits per heavy atom. The minimum Gasteiger partial charge on any atom is -0.507 e. The molecule has 0 unspecified atom stereocenters. The highest BCUT2D eigenvalue weighted by Gasteiger charge is 2.08. The lowest BCUT2D eigenvalue weighted by Gasteiger charge is -2.01. The van der Waals surface area contributed by atoms with Gasteiger partial charge in [-0.05, 0) is 42.5 Å². The van der Waals surface area contributed by atoms with Gasteiger partial charge in [0.2, 0.25) is 0 Å². The Hall–Kier alpha value is -3.92. The van der Waals surface area contributed by atoms with E-state index in [2.05, 4.69) is 0 Å². The molecule has 3 aromatic rings. The number of aromatic hydroxyl groups is 2. The minimum atomic E-state index is -0.275. The molecule has 0 fully saturated rings. The lowest BCUT2D eigenvalue weighted by Crippen LogP contribution is -1.99. The first-order valence-electron chi connectivity index (χ1n) is 8.65. The molecule has 28 heavy (non-hydrogen) atoms. The molecular weight excluding hydrogens is 352 g/mol. The highest BCUT2D eigenvalue weighted by Crippen LogP contribution is 2.19. The zero-order valence-corrected chi connectivity index (χ0v) is 14.9. The maximum Gasteiger partial charge on any atom is 0.185 e. The molecule has 0 amide bonds. The number of carbonyl (C=O) groups is 2. The quantitative estimate of drug-likeness (QED) is 0.478. The fraction of sp³-hybridized carbons (Fsp3) is 0. The van der Waals surface area contributed by atoms with Crippen molar-refractivity contribution in [3.8, 4) is 11.5 Å². The summed E-state index contributed by atoms with van der Waals surface area (Å²) in [7, 11) is 0. The van der Waals surface area contributed by atoms with Gasteiger partial charge in [0.1, 0.15) is 11.5 Å². The summed E-state index contributed by atoms with van der Waals surface area (Å²) in [6, 6.07) is 19.8. The van der Waals surface area contributed by atoms with Gasteiger partial charge in [0, 0.05) is 22.3 Å². The predicted octanol–water partition coefficient (Wildman–Crippen LogP) is 4.89. The molecule has 0 radical (unpaired) electrons. The number of para-hydroxylation sites is 2. The first-order chi connectivity index (χ1) is 13.5. The normalized spacial score (nSPS) is 11.1. The molecule has 0 aliphatic carbocycles. The van der Waals surface area contributed by atoms with Crippen LogP contribution in [-0.2, 0) is 0 Å². The van der Waals surface area contributed by atoms with Crippen LogP contribution >= 0.6 is 0 Å². The highest BCUT2D eigenvalue weighted by molar-refractivity contribution is 6.11. The Labute approximate surface area is 162 Å². The van der Waals surface area contributed by atoms with Crippen LogP contribution in [-0.4, -0.2) is 21.8 Å². The molecule has 3 rings (SSSR count). The maximum absolute atomic E-state index is 12.4. The molecule has 0 heterocycles. The lowest BCUT2D eigenvalue weighted by molar-refractivity contribution is 0.104. The molecule has 4 heteroatoms. The van der Waals surface area contributed by atoms with E-state index in [0.717, 1.165) is 0 Å². The van der Waals surface area contributed by atoms with Crippen molar-refractivity contribution in [1.29, 1.82) is 0 Å². The molecule has 0 aliphatic rings. The van der Waals surface area contributed by atoms with Crippen LogP contribution < -0.4 is 0 Å². The van der Waals surface area contributed by atoms with Gasteiger partial charge >= 0.3 is 0 Å². The Balaban J connectivity index is 1.76. The van der Waals surface area contributed by atoms with Crippen molar-refractivity contribution in [2.24, 2.45) is 0 Å². The number of carbonyl (C=O) groups excluding carboxylic acids is 2. The van der Waals surface area contributed by atoms with Crippen molar-refractivity contribution in [3.63, 3.8) is 0 Å². The first-order valence-corrected chi connectivity index (χ1v) is 8.65. The van der Waals surface area contributed by atoms with Crippen LogP contribution in [0.3, 0.4) is 0 Å². The second-order valence-corrected chi connectivity index (χ2v) is 6.09. The summed E-state index contributed by atoms with van der Waals surface area (Å²) in [6.07, 6.45) is 5.78. The van der Waals surface area contributed by atoms with Crippen molar-refractivity contribution in [2.75, 3.05) is 0 Å². The lowest BCUT2D eigenvalue weighted by atomic mass is 10.0. The average Bonchev–Trinajstić information content (AvgIpc) is 2.72. The van der Waals surface area contributed by atoms with Crippen LogP contribution in [0, 0.1) is 0 Å². The van der Waals surface area contributed by atoms with Gasteiger partial charge in [-0.15, -0.1) is 0 Å². The topological polar surface area (TPSA) is 74.6 Å². The van der Waals surface area contributed by atoms with Gasteiger partial charge in [-0.2, -0.15) is 0 Å². The second-order valence-electron chi connectivity index (χ2n) is 6.09. The van der Waals surface area contributed by atoms with E-state index in [9.17, 15) is 19.8 Å². The largest absolute Gasteiger partial charge is 0.507 e. The van der Waals surface area contributed by atoms with Crippen molar-refractivity contribution < 1.29 is 19.8 Å². The summed E-state index contributed by atoms with van der Waals surface area (Å²) >= 11 is 0. The fourth-order valence-electron chi connectivity index (χ4n) is 2.61. The van der Waals surface area contributed by atoms with Crippen LogP contribution in [0.15, 0.2) is 84.9 Å². The van der Waals surface area contributed by atoms with Crippen LogP contribution in [0.1, 0.15) is 31.8 Å². The Kier molecular flexibility index (Phi) is 5.82. The van der Waals surface area contributed by atoms with Gasteiger partial charge in [-0.25, -0.2) is 0 Å². The number of rotatable bonds is 6. The summed E-state index contributed by atoms with van der Waals surface area (Å²) in [5.74, 6) is -0.375. The molecule has 4 nitrogen and oxygen atoms in total. The Morgan fingerprint density at radius 2 is 1.04 bits per heavy atom. The van der Waals surface area contributed by atoms with Gasteiger partial charge < -0.3 is 10.2 Å². The van der Waals surface area contributed by atoms with Crippen LogP contribution in [0.2, 0.25) is 0 Å².